The molecule has 166 valence electrons. The highest BCUT2D eigenvalue weighted by Crippen LogP contribution is 2.33. The lowest BCUT2D eigenvalue weighted by molar-refractivity contribution is -0.139. The topological polar surface area (TPSA) is 66.9 Å². The molecule has 1 atom stereocenters. The van der Waals surface area contributed by atoms with Crippen LogP contribution < -0.4 is 4.74 Å². The molecule has 1 unspecified atom stereocenters. The van der Waals surface area contributed by atoms with Crippen molar-refractivity contribution in [3.05, 3.63) is 59.4 Å². The van der Waals surface area contributed by atoms with E-state index >= 15 is 0 Å². The highest BCUT2D eigenvalue weighted by molar-refractivity contribution is 7.89. The van der Waals surface area contributed by atoms with E-state index in [1.165, 1.54) is 35.7 Å². The minimum Gasteiger partial charge on any atom is -0.497 e. The van der Waals surface area contributed by atoms with Crippen molar-refractivity contribution in [3.63, 3.8) is 0 Å². The molecule has 2 aromatic rings. The third kappa shape index (κ3) is 4.19. The summed E-state index contributed by atoms with van der Waals surface area (Å²) in [5, 5.41) is 0. The summed E-state index contributed by atoms with van der Waals surface area (Å²) in [4.78, 5) is 15.2. The quantitative estimate of drug-likeness (QED) is 0.722. The minimum absolute atomic E-state index is 0.0314. The van der Waals surface area contributed by atoms with Crippen LogP contribution in [0.4, 0.5) is 4.39 Å². The molecule has 2 heterocycles. The molecule has 0 radical (unpaired) electrons. The Hall–Kier alpha value is -2.45. The molecule has 0 saturated carbocycles. The molecule has 2 aliphatic rings. The van der Waals surface area contributed by atoms with Gasteiger partial charge in [0.05, 0.1) is 18.0 Å². The summed E-state index contributed by atoms with van der Waals surface area (Å²) in [7, 11) is -2.07. The van der Waals surface area contributed by atoms with Gasteiger partial charge in [-0.15, -0.1) is 0 Å². The number of benzene rings is 2. The summed E-state index contributed by atoms with van der Waals surface area (Å²) in [6.45, 7) is 3.14. The SMILES string of the molecule is COc1ccc(S(=O)(=O)N2CCC(C(=O)N3CCc4ccc(F)cc4C3C)CC2)cc1. The van der Waals surface area contributed by atoms with Crippen LogP contribution in [0.15, 0.2) is 47.4 Å². The lowest BCUT2D eigenvalue weighted by Gasteiger charge is -2.39. The van der Waals surface area contributed by atoms with Crippen LogP contribution in [0.25, 0.3) is 0 Å². The Balaban J connectivity index is 1.42. The van der Waals surface area contributed by atoms with Crippen molar-refractivity contribution >= 4 is 15.9 Å². The number of ether oxygens (including phenoxy) is 1. The maximum atomic E-state index is 13.7. The lowest BCUT2D eigenvalue weighted by atomic mass is 9.90. The second-order valence-electron chi connectivity index (χ2n) is 8.15. The molecule has 2 aliphatic heterocycles. The number of amides is 1. The monoisotopic (exact) mass is 446 g/mol. The molecule has 8 heteroatoms. The first-order chi connectivity index (χ1) is 14.8. The number of fused-ring (bicyclic) bond motifs is 1. The Kier molecular flexibility index (Phi) is 6.03. The number of hydrogen-bond donors (Lipinski definition) is 0. The van der Waals surface area contributed by atoms with Gasteiger partial charge in [0.15, 0.2) is 0 Å². The summed E-state index contributed by atoms with van der Waals surface area (Å²) in [6, 6.07) is 10.9. The van der Waals surface area contributed by atoms with Gasteiger partial charge in [-0.05, 0) is 73.7 Å². The number of rotatable bonds is 4. The van der Waals surface area contributed by atoms with Gasteiger partial charge in [0.2, 0.25) is 15.9 Å². The molecule has 4 rings (SSSR count). The van der Waals surface area contributed by atoms with Crippen LogP contribution in [-0.4, -0.2) is 50.3 Å². The predicted molar refractivity (Wildman–Crippen MR) is 115 cm³/mol. The summed E-state index contributed by atoms with van der Waals surface area (Å²) in [6.07, 6.45) is 1.66. The average Bonchev–Trinajstić information content (AvgIpc) is 2.79. The summed E-state index contributed by atoms with van der Waals surface area (Å²) in [5.74, 6) is 0.112. The van der Waals surface area contributed by atoms with Gasteiger partial charge in [0.25, 0.3) is 0 Å². The number of carbonyl (C=O) groups excluding carboxylic acids is 1. The summed E-state index contributed by atoms with van der Waals surface area (Å²) < 4.78 is 46.1. The molecule has 0 bridgehead atoms. The molecule has 0 spiro atoms. The third-order valence-corrected chi connectivity index (χ3v) is 8.34. The van der Waals surface area contributed by atoms with Gasteiger partial charge >= 0.3 is 0 Å². The fourth-order valence-corrected chi connectivity index (χ4v) is 6.03. The van der Waals surface area contributed by atoms with E-state index in [2.05, 4.69) is 0 Å². The molecule has 1 saturated heterocycles. The molecule has 0 aromatic heterocycles. The van der Waals surface area contributed by atoms with Crippen molar-refractivity contribution in [2.24, 2.45) is 5.92 Å². The van der Waals surface area contributed by atoms with Crippen molar-refractivity contribution in [1.82, 2.24) is 9.21 Å². The fraction of sp³-hybridized carbons (Fsp3) is 0.435. The van der Waals surface area contributed by atoms with Gasteiger partial charge in [0.1, 0.15) is 11.6 Å². The van der Waals surface area contributed by atoms with E-state index in [1.54, 1.807) is 18.2 Å². The Morgan fingerprint density at radius 2 is 1.74 bits per heavy atom. The third-order valence-electron chi connectivity index (χ3n) is 6.43. The van der Waals surface area contributed by atoms with Gasteiger partial charge in [0, 0.05) is 25.6 Å². The number of halogens is 1. The number of carbonyl (C=O) groups is 1. The number of piperidine rings is 1. The maximum Gasteiger partial charge on any atom is 0.243 e. The lowest BCUT2D eigenvalue weighted by Crippen LogP contribution is -2.46. The van der Waals surface area contributed by atoms with E-state index in [9.17, 15) is 17.6 Å². The number of methoxy groups -OCH3 is 1. The van der Waals surface area contributed by atoms with E-state index < -0.39 is 10.0 Å². The van der Waals surface area contributed by atoms with E-state index in [-0.39, 0.29) is 28.6 Å². The van der Waals surface area contributed by atoms with E-state index in [0.717, 1.165) is 11.1 Å². The molecule has 1 fully saturated rings. The number of hydrogen-bond acceptors (Lipinski definition) is 4. The van der Waals surface area contributed by atoms with E-state index in [0.29, 0.717) is 44.6 Å². The van der Waals surface area contributed by atoms with Crippen molar-refractivity contribution in [3.8, 4) is 5.75 Å². The van der Waals surface area contributed by atoms with E-state index in [1.807, 2.05) is 11.8 Å². The Labute approximate surface area is 182 Å². The molecule has 6 nitrogen and oxygen atoms in total. The van der Waals surface area contributed by atoms with Gasteiger partial charge in [-0.2, -0.15) is 4.31 Å². The molecule has 0 N–H and O–H groups in total. The minimum atomic E-state index is -3.61. The van der Waals surface area contributed by atoms with E-state index in [4.69, 9.17) is 4.74 Å². The number of sulfonamides is 1. The van der Waals surface area contributed by atoms with Crippen LogP contribution >= 0.6 is 0 Å². The molecule has 0 aliphatic carbocycles. The van der Waals surface area contributed by atoms with Crippen LogP contribution in [0.1, 0.15) is 36.9 Å². The van der Waals surface area contributed by atoms with Crippen LogP contribution in [-0.2, 0) is 21.2 Å². The summed E-state index contributed by atoms with van der Waals surface area (Å²) in [5.41, 5.74) is 1.94. The van der Waals surface area contributed by atoms with Gasteiger partial charge in [-0.3, -0.25) is 4.79 Å². The molecule has 31 heavy (non-hydrogen) atoms. The van der Waals surface area contributed by atoms with Gasteiger partial charge in [-0.1, -0.05) is 6.07 Å². The Morgan fingerprint density at radius 1 is 1.06 bits per heavy atom. The zero-order valence-corrected chi connectivity index (χ0v) is 18.6. The average molecular weight is 447 g/mol. The van der Waals surface area contributed by atoms with Crippen molar-refractivity contribution < 1.29 is 22.3 Å². The van der Waals surface area contributed by atoms with Crippen molar-refractivity contribution in [1.29, 1.82) is 0 Å². The largest absolute Gasteiger partial charge is 0.497 e. The van der Waals surface area contributed by atoms with Crippen molar-refractivity contribution in [2.45, 2.75) is 37.1 Å². The molecule has 1 amide bonds. The molecular weight excluding hydrogens is 419 g/mol. The highest BCUT2D eigenvalue weighted by Gasteiger charge is 2.36. The first kappa shape index (κ1) is 21.8. The zero-order valence-electron chi connectivity index (χ0n) is 17.8. The smallest absolute Gasteiger partial charge is 0.243 e. The predicted octanol–water partition coefficient (Wildman–Crippen LogP) is 3.38. The molecule has 2 aromatic carbocycles. The van der Waals surface area contributed by atoms with Crippen LogP contribution in [0.3, 0.4) is 0 Å². The molecular formula is C23H27FN2O4S. The van der Waals surface area contributed by atoms with Crippen LogP contribution in [0, 0.1) is 11.7 Å². The second kappa shape index (κ2) is 8.59. The van der Waals surface area contributed by atoms with Gasteiger partial charge in [-0.25, -0.2) is 12.8 Å². The van der Waals surface area contributed by atoms with Crippen LogP contribution in [0.5, 0.6) is 5.75 Å². The zero-order chi connectivity index (χ0) is 22.2. The normalized spacial score (nSPS) is 20.4. The second-order valence-corrected chi connectivity index (χ2v) is 10.1. The fourth-order valence-electron chi connectivity index (χ4n) is 4.56. The Morgan fingerprint density at radius 3 is 2.39 bits per heavy atom. The van der Waals surface area contributed by atoms with Gasteiger partial charge < -0.3 is 9.64 Å². The highest BCUT2D eigenvalue weighted by atomic mass is 32.2. The van der Waals surface area contributed by atoms with Crippen molar-refractivity contribution in [2.75, 3.05) is 26.7 Å². The standard InChI is InChI=1S/C23H27FN2O4S/c1-16-22-15-19(24)4-3-17(22)11-14-26(16)23(27)18-9-12-25(13-10-18)31(28,29)21-7-5-20(30-2)6-8-21/h3-8,15-16,18H,9-14H2,1-2H3. The first-order valence-corrected chi connectivity index (χ1v) is 12.0. The number of nitrogens with zero attached hydrogens (tertiary/aromatic N) is 2. The van der Waals surface area contributed by atoms with Crippen LogP contribution in [0.2, 0.25) is 0 Å². The Bertz CT molecular complexity index is 1060. The summed E-state index contributed by atoms with van der Waals surface area (Å²) >= 11 is 0. The first-order valence-electron chi connectivity index (χ1n) is 10.5. The maximum absolute atomic E-state index is 13.7.